The van der Waals surface area contributed by atoms with Crippen molar-refractivity contribution in [3.63, 3.8) is 0 Å². The van der Waals surface area contributed by atoms with Gasteiger partial charge in [-0.05, 0) is 75.6 Å². The number of ether oxygens (including phenoxy) is 2. The van der Waals surface area contributed by atoms with Gasteiger partial charge in [-0.2, -0.15) is 0 Å². The fourth-order valence-corrected chi connectivity index (χ4v) is 3.92. The first-order chi connectivity index (χ1) is 18.9. The molecule has 0 spiro atoms. The summed E-state index contributed by atoms with van der Waals surface area (Å²) in [7, 11) is 1.54. The Bertz CT molecular complexity index is 1210. The molecular weight excluding hydrogens is 512 g/mol. The van der Waals surface area contributed by atoms with Crippen LogP contribution in [0.25, 0.3) is 0 Å². The van der Waals surface area contributed by atoms with Crippen LogP contribution >= 0.6 is 0 Å². The lowest BCUT2D eigenvalue weighted by Gasteiger charge is -2.34. The molecule has 4 amide bonds. The second kappa shape index (κ2) is 14.6. The molecule has 4 N–H and O–H groups in total. The maximum atomic E-state index is 14.0. The lowest BCUT2D eigenvalue weighted by molar-refractivity contribution is -0.141. The Morgan fingerprint density at radius 2 is 1.68 bits per heavy atom. The summed E-state index contributed by atoms with van der Waals surface area (Å²) in [5, 5.41) is 5.42. The minimum absolute atomic E-state index is 0.0729. The number of methoxy groups -OCH3 is 1. The van der Waals surface area contributed by atoms with Crippen molar-refractivity contribution in [2.75, 3.05) is 19.0 Å². The second-order valence-corrected chi connectivity index (χ2v) is 10.1. The van der Waals surface area contributed by atoms with Gasteiger partial charge in [0, 0.05) is 24.2 Å². The first-order valence-corrected chi connectivity index (χ1v) is 13.0. The topological polar surface area (TPSA) is 140 Å². The molecule has 10 nitrogen and oxygen atoms in total. The Balaban J connectivity index is 2.50. The lowest BCUT2D eigenvalue weighted by Crippen LogP contribution is -2.52. The molecule has 0 radical (unpaired) electrons. The van der Waals surface area contributed by atoms with Crippen LogP contribution in [-0.2, 0) is 19.1 Å². The Kier molecular flexibility index (Phi) is 11.6. The van der Waals surface area contributed by atoms with E-state index in [2.05, 4.69) is 16.6 Å². The van der Waals surface area contributed by atoms with Crippen LogP contribution in [0.3, 0.4) is 0 Å². The van der Waals surface area contributed by atoms with Crippen LogP contribution in [0.4, 0.5) is 10.5 Å². The number of nitrogens with zero attached hydrogens (tertiary/aromatic N) is 1. The first kappa shape index (κ1) is 31.7. The number of alkyl carbamates (subject to hydrolysis) is 1. The molecular formula is C30H38N4O6. The number of carbonyl (C=O) groups excluding carboxylic acids is 4. The molecule has 0 aliphatic carbocycles. The average molecular weight is 551 g/mol. The summed E-state index contributed by atoms with van der Waals surface area (Å²) >= 11 is 0. The van der Waals surface area contributed by atoms with Gasteiger partial charge in [0.05, 0.1) is 7.11 Å². The molecule has 0 bridgehead atoms. The number of terminal acetylenes is 1. The van der Waals surface area contributed by atoms with E-state index >= 15 is 0 Å². The average Bonchev–Trinajstić information content (AvgIpc) is 2.90. The SMILES string of the molecule is C#Cc1ccc(C(C(=O)Nc2ccc(OC)cc2)N(CCC)C(=O)C(CCC(N)=O)NC(=O)OC(C)(C)C)cc1. The van der Waals surface area contributed by atoms with Crippen LogP contribution in [0.5, 0.6) is 5.75 Å². The zero-order chi connectivity index (χ0) is 29.9. The molecule has 40 heavy (non-hydrogen) atoms. The predicted octanol–water partition coefficient (Wildman–Crippen LogP) is 3.75. The van der Waals surface area contributed by atoms with Gasteiger partial charge in [0.15, 0.2) is 0 Å². The van der Waals surface area contributed by atoms with E-state index in [9.17, 15) is 19.2 Å². The van der Waals surface area contributed by atoms with Gasteiger partial charge >= 0.3 is 6.09 Å². The number of nitrogens with two attached hydrogens (primary N) is 1. The van der Waals surface area contributed by atoms with Gasteiger partial charge in [0.2, 0.25) is 11.8 Å². The number of nitrogens with one attached hydrogen (secondary N) is 2. The van der Waals surface area contributed by atoms with Crippen LogP contribution in [0, 0.1) is 12.3 Å². The molecule has 0 aliphatic heterocycles. The second-order valence-electron chi connectivity index (χ2n) is 10.1. The number of hydrogen-bond acceptors (Lipinski definition) is 6. The summed E-state index contributed by atoms with van der Waals surface area (Å²) in [6, 6.07) is 11.2. The smallest absolute Gasteiger partial charge is 0.408 e. The van der Waals surface area contributed by atoms with Crippen LogP contribution < -0.4 is 21.1 Å². The summed E-state index contributed by atoms with van der Waals surface area (Å²) in [6.07, 6.45) is 4.96. The highest BCUT2D eigenvalue weighted by Gasteiger charge is 2.36. The summed E-state index contributed by atoms with van der Waals surface area (Å²) < 4.78 is 10.5. The molecule has 2 unspecified atom stereocenters. The van der Waals surface area contributed by atoms with E-state index < -0.39 is 41.5 Å². The predicted molar refractivity (Wildman–Crippen MR) is 152 cm³/mol. The zero-order valence-electron chi connectivity index (χ0n) is 23.7. The molecule has 2 aromatic carbocycles. The van der Waals surface area contributed by atoms with Gasteiger partial charge < -0.3 is 30.7 Å². The van der Waals surface area contributed by atoms with Crippen LogP contribution in [0.15, 0.2) is 48.5 Å². The van der Waals surface area contributed by atoms with Gasteiger partial charge in [0.25, 0.3) is 5.91 Å². The highest BCUT2D eigenvalue weighted by atomic mass is 16.6. The minimum Gasteiger partial charge on any atom is -0.497 e. The molecule has 2 atom stereocenters. The molecule has 0 heterocycles. The summed E-state index contributed by atoms with van der Waals surface area (Å²) in [6.45, 7) is 7.11. The summed E-state index contributed by atoms with van der Waals surface area (Å²) in [5.74, 6) is 1.48. The zero-order valence-corrected chi connectivity index (χ0v) is 23.7. The monoisotopic (exact) mass is 550 g/mol. The quantitative estimate of drug-likeness (QED) is 0.344. The maximum absolute atomic E-state index is 14.0. The standard InChI is InChI=1S/C30H38N4O6/c1-7-19-34(28(37)24(17-18-25(31)35)33-29(38)40-30(3,4)5)26(21-11-9-20(8-2)10-12-21)27(36)32-22-13-15-23(39-6)16-14-22/h2,9-16,24,26H,7,17-19H2,1,3-6H3,(H2,31,35)(H,32,36)(H,33,38). The normalized spacial score (nSPS) is 12.3. The van der Waals surface area contributed by atoms with Crippen molar-refractivity contribution in [2.24, 2.45) is 5.73 Å². The molecule has 0 aromatic heterocycles. The van der Waals surface area contributed by atoms with Crippen molar-refractivity contribution in [3.05, 3.63) is 59.7 Å². The van der Waals surface area contributed by atoms with Crippen LogP contribution in [-0.4, -0.2) is 54.0 Å². The fourth-order valence-electron chi connectivity index (χ4n) is 3.92. The van der Waals surface area contributed by atoms with Crippen molar-refractivity contribution in [2.45, 2.75) is 64.6 Å². The van der Waals surface area contributed by atoms with Crippen molar-refractivity contribution in [1.29, 1.82) is 0 Å². The van der Waals surface area contributed by atoms with E-state index in [1.807, 2.05) is 6.92 Å². The molecule has 0 aliphatic rings. The highest BCUT2D eigenvalue weighted by molar-refractivity contribution is 5.99. The third-order valence-corrected chi connectivity index (χ3v) is 5.73. The first-order valence-electron chi connectivity index (χ1n) is 13.0. The van der Waals surface area contributed by atoms with Crippen molar-refractivity contribution < 1.29 is 28.7 Å². The number of carbonyl (C=O) groups is 4. The maximum Gasteiger partial charge on any atom is 0.408 e. The molecule has 10 heteroatoms. The molecule has 2 aromatic rings. The van der Waals surface area contributed by atoms with E-state index in [1.54, 1.807) is 69.3 Å². The Morgan fingerprint density at radius 1 is 1.05 bits per heavy atom. The molecule has 0 fully saturated rings. The Hall–Kier alpha value is -4.52. The number of hydrogen-bond donors (Lipinski definition) is 3. The fraction of sp³-hybridized carbons (Fsp3) is 0.400. The van der Waals surface area contributed by atoms with Crippen molar-refractivity contribution >= 4 is 29.5 Å². The van der Waals surface area contributed by atoms with E-state index in [-0.39, 0.29) is 19.4 Å². The molecule has 0 saturated heterocycles. The van der Waals surface area contributed by atoms with Gasteiger partial charge in [-0.15, -0.1) is 6.42 Å². The highest BCUT2D eigenvalue weighted by Crippen LogP contribution is 2.26. The van der Waals surface area contributed by atoms with Gasteiger partial charge in [-0.3, -0.25) is 14.4 Å². The third-order valence-electron chi connectivity index (χ3n) is 5.73. The molecule has 0 saturated carbocycles. The molecule has 2 rings (SSSR count). The van der Waals surface area contributed by atoms with E-state index in [4.69, 9.17) is 21.6 Å². The Morgan fingerprint density at radius 3 is 2.17 bits per heavy atom. The van der Waals surface area contributed by atoms with E-state index in [1.165, 1.54) is 12.0 Å². The number of rotatable bonds is 12. The minimum atomic E-state index is -1.17. The summed E-state index contributed by atoms with van der Waals surface area (Å²) in [5.41, 5.74) is 6.15. The number of benzene rings is 2. The van der Waals surface area contributed by atoms with Gasteiger partial charge in [-0.25, -0.2) is 4.79 Å². The number of primary amides is 1. The van der Waals surface area contributed by atoms with Gasteiger partial charge in [-0.1, -0.05) is 25.0 Å². The van der Waals surface area contributed by atoms with E-state index in [0.29, 0.717) is 29.0 Å². The van der Waals surface area contributed by atoms with Gasteiger partial charge in [0.1, 0.15) is 23.4 Å². The number of amides is 4. The van der Waals surface area contributed by atoms with Crippen LogP contribution in [0.2, 0.25) is 0 Å². The van der Waals surface area contributed by atoms with E-state index in [0.717, 1.165) is 0 Å². The number of anilines is 1. The third kappa shape index (κ3) is 9.66. The van der Waals surface area contributed by atoms with Crippen molar-refractivity contribution in [3.8, 4) is 18.1 Å². The Labute approximate surface area is 235 Å². The summed E-state index contributed by atoms with van der Waals surface area (Å²) in [4.78, 5) is 53.3. The lowest BCUT2D eigenvalue weighted by atomic mass is 10.00. The van der Waals surface area contributed by atoms with Crippen LogP contribution in [0.1, 0.15) is 64.1 Å². The molecule has 214 valence electrons. The van der Waals surface area contributed by atoms with Crippen molar-refractivity contribution in [1.82, 2.24) is 10.2 Å². The largest absolute Gasteiger partial charge is 0.497 e.